The molecule has 1 unspecified atom stereocenters. The predicted molar refractivity (Wildman–Crippen MR) is 78.4 cm³/mol. The maximum Gasteiger partial charge on any atom is 0.134 e. The lowest BCUT2D eigenvalue weighted by Gasteiger charge is -2.11. The second-order valence-corrected chi connectivity index (χ2v) is 5.10. The quantitative estimate of drug-likeness (QED) is 0.748. The lowest BCUT2D eigenvalue weighted by atomic mass is 10.0. The lowest BCUT2D eigenvalue weighted by molar-refractivity contribution is 0.525. The van der Waals surface area contributed by atoms with Crippen LogP contribution in [-0.2, 0) is 0 Å². The standard InChI is InChI=1S/C16H14ClNO/c1-10-6-7-12(13(17)8-10)16(18)15-9-11-4-2-3-5-14(11)19-15/h2-9,16H,18H2,1H3. The van der Waals surface area contributed by atoms with E-state index in [0.717, 1.165) is 27.9 Å². The molecule has 3 heteroatoms. The summed E-state index contributed by atoms with van der Waals surface area (Å²) in [6.45, 7) is 2.00. The number of hydrogen-bond acceptors (Lipinski definition) is 2. The van der Waals surface area contributed by atoms with Crippen molar-refractivity contribution in [3.05, 3.63) is 70.4 Å². The smallest absolute Gasteiger partial charge is 0.134 e. The number of fused-ring (bicyclic) bond motifs is 1. The summed E-state index contributed by atoms with van der Waals surface area (Å²) in [7, 11) is 0. The van der Waals surface area contributed by atoms with Crippen molar-refractivity contribution < 1.29 is 4.42 Å². The third-order valence-corrected chi connectivity index (χ3v) is 3.57. The van der Waals surface area contributed by atoms with E-state index in [2.05, 4.69) is 0 Å². The minimum absolute atomic E-state index is 0.347. The number of para-hydroxylation sites is 1. The molecule has 0 saturated carbocycles. The molecule has 0 bridgehead atoms. The van der Waals surface area contributed by atoms with Gasteiger partial charge in [0.1, 0.15) is 11.3 Å². The van der Waals surface area contributed by atoms with Crippen LogP contribution < -0.4 is 5.73 Å². The number of hydrogen-bond donors (Lipinski definition) is 1. The normalized spacial score (nSPS) is 12.8. The Kier molecular flexibility index (Phi) is 3.05. The second kappa shape index (κ2) is 4.72. The summed E-state index contributed by atoms with van der Waals surface area (Å²) in [5.74, 6) is 0.729. The molecule has 3 rings (SSSR count). The molecule has 0 spiro atoms. The summed E-state index contributed by atoms with van der Waals surface area (Å²) in [6, 6.07) is 15.4. The summed E-state index contributed by atoms with van der Waals surface area (Å²) >= 11 is 6.25. The van der Waals surface area contributed by atoms with Crippen LogP contribution in [0.2, 0.25) is 5.02 Å². The molecule has 0 aliphatic heterocycles. The molecule has 3 aromatic rings. The van der Waals surface area contributed by atoms with Gasteiger partial charge in [-0.05, 0) is 36.2 Å². The Labute approximate surface area is 116 Å². The Morgan fingerprint density at radius 3 is 2.63 bits per heavy atom. The predicted octanol–water partition coefficient (Wildman–Crippen LogP) is 4.44. The van der Waals surface area contributed by atoms with Crippen LogP contribution in [0.25, 0.3) is 11.0 Å². The van der Waals surface area contributed by atoms with Crippen LogP contribution in [0.1, 0.15) is 22.9 Å². The van der Waals surface area contributed by atoms with E-state index in [4.69, 9.17) is 21.8 Å². The van der Waals surface area contributed by atoms with Crippen molar-refractivity contribution in [2.45, 2.75) is 13.0 Å². The van der Waals surface area contributed by atoms with E-state index < -0.39 is 0 Å². The van der Waals surface area contributed by atoms with E-state index in [1.807, 2.05) is 55.5 Å². The molecule has 0 aliphatic rings. The molecular weight excluding hydrogens is 258 g/mol. The zero-order valence-corrected chi connectivity index (χ0v) is 11.3. The SMILES string of the molecule is Cc1ccc(C(N)c2cc3ccccc3o2)c(Cl)c1. The van der Waals surface area contributed by atoms with Crippen molar-refractivity contribution in [3.8, 4) is 0 Å². The van der Waals surface area contributed by atoms with Crippen molar-refractivity contribution in [3.63, 3.8) is 0 Å². The van der Waals surface area contributed by atoms with Crippen LogP contribution in [0.15, 0.2) is 52.9 Å². The van der Waals surface area contributed by atoms with Gasteiger partial charge in [-0.2, -0.15) is 0 Å². The average molecular weight is 272 g/mol. The largest absolute Gasteiger partial charge is 0.459 e. The van der Waals surface area contributed by atoms with Gasteiger partial charge in [-0.25, -0.2) is 0 Å². The molecule has 0 fully saturated rings. The fourth-order valence-electron chi connectivity index (χ4n) is 2.19. The van der Waals surface area contributed by atoms with Gasteiger partial charge in [0, 0.05) is 10.4 Å². The fourth-order valence-corrected chi connectivity index (χ4v) is 2.55. The summed E-state index contributed by atoms with van der Waals surface area (Å²) in [5.41, 5.74) is 9.09. The van der Waals surface area contributed by atoms with Crippen molar-refractivity contribution in [1.29, 1.82) is 0 Å². The molecule has 2 aromatic carbocycles. The number of halogens is 1. The summed E-state index contributed by atoms with van der Waals surface area (Å²) in [5, 5.41) is 1.73. The Hall–Kier alpha value is -1.77. The molecule has 1 heterocycles. The van der Waals surface area contributed by atoms with Crippen molar-refractivity contribution in [1.82, 2.24) is 0 Å². The maximum atomic E-state index is 6.25. The van der Waals surface area contributed by atoms with E-state index >= 15 is 0 Å². The van der Waals surface area contributed by atoms with Crippen molar-refractivity contribution in [2.75, 3.05) is 0 Å². The van der Waals surface area contributed by atoms with Gasteiger partial charge in [-0.15, -0.1) is 0 Å². The molecule has 1 atom stereocenters. The first-order valence-corrected chi connectivity index (χ1v) is 6.53. The van der Waals surface area contributed by atoms with Crippen LogP contribution in [0.4, 0.5) is 0 Å². The van der Waals surface area contributed by atoms with Gasteiger partial charge in [0.15, 0.2) is 0 Å². The summed E-state index contributed by atoms with van der Waals surface area (Å²) < 4.78 is 5.79. The highest BCUT2D eigenvalue weighted by Gasteiger charge is 2.16. The van der Waals surface area contributed by atoms with Crippen molar-refractivity contribution in [2.24, 2.45) is 5.73 Å². The van der Waals surface area contributed by atoms with Gasteiger partial charge >= 0.3 is 0 Å². The molecule has 0 saturated heterocycles. The summed E-state index contributed by atoms with van der Waals surface area (Å²) in [4.78, 5) is 0. The number of aryl methyl sites for hydroxylation is 1. The Morgan fingerprint density at radius 2 is 1.89 bits per heavy atom. The minimum atomic E-state index is -0.347. The first-order chi connectivity index (χ1) is 9.15. The minimum Gasteiger partial charge on any atom is -0.459 e. The van der Waals surface area contributed by atoms with Crippen molar-refractivity contribution >= 4 is 22.6 Å². The van der Waals surface area contributed by atoms with E-state index in [1.54, 1.807) is 0 Å². The lowest BCUT2D eigenvalue weighted by Crippen LogP contribution is -2.11. The Morgan fingerprint density at radius 1 is 1.11 bits per heavy atom. The number of nitrogens with two attached hydrogens (primary N) is 1. The van der Waals surface area contributed by atoms with E-state index in [0.29, 0.717) is 5.02 Å². The van der Waals surface area contributed by atoms with Gasteiger partial charge < -0.3 is 10.2 Å². The molecule has 0 radical (unpaired) electrons. The highest BCUT2D eigenvalue weighted by atomic mass is 35.5. The zero-order chi connectivity index (χ0) is 13.4. The molecule has 2 N–H and O–H groups in total. The molecule has 19 heavy (non-hydrogen) atoms. The Bertz CT molecular complexity index is 699. The topological polar surface area (TPSA) is 39.2 Å². The van der Waals surface area contributed by atoms with Crippen LogP contribution in [0.5, 0.6) is 0 Å². The van der Waals surface area contributed by atoms with Gasteiger partial charge in [-0.3, -0.25) is 0 Å². The van der Waals surface area contributed by atoms with Crippen LogP contribution in [-0.4, -0.2) is 0 Å². The third-order valence-electron chi connectivity index (χ3n) is 3.24. The fraction of sp³-hybridized carbons (Fsp3) is 0.125. The van der Waals surface area contributed by atoms with E-state index in [9.17, 15) is 0 Å². The van der Waals surface area contributed by atoms with Gasteiger partial charge in [0.05, 0.1) is 6.04 Å². The van der Waals surface area contributed by atoms with E-state index in [-0.39, 0.29) is 6.04 Å². The first kappa shape index (κ1) is 12.3. The molecule has 2 nitrogen and oxygen atoms in total. The third kappa shape index (κ3) is 2.25. The Balaban J connectivity index is 2.05. The molecule has 96 valence electrons. The maximum absolute atomic E-state index is 6.25. The molecular formula is C16H14ClNO. The molecule has 0 amide bonds. The highest BCUT2D eigenvalue weighted by molar-refractivity contribution is 6.31. The first-order valence-electron chi connectivity index (χ1n) is 6.15. The van der Waals surface area contributed by atoms with E-state index in [1.165, 1.54) is 0 Å². The number of benzene rings is 2. The molecule has 1 aromatic heterocycles. The van der Waals surface area contributed by atoms with Crippen LogP contribution >= 0.6 is 11.6 Å². The monoisotopic (exact) mass is 271 g/mol. The molecule has 0 aliphatic carbocycles. The zero-order valence-electron chi connectivity index (χ0n) is 10.6. The highest BCUT2D eigenvalue weighted by Crippen LogP contribution is 2.30. The van der Waals surface area contributed by atoms with Gasteiger partial charge in [0.2, 0.25) is 0 Å². The van der Waals surface area contributed by atoms with Crippen LogP contribution in [0.3, 0.4) is 0 Å². The second-order valence-electron chi connectivity index (χ2n) is 4.69. The van der Waals surface area contributed by atoms with Gasteiger partial charge in [0.25, 0.3) is 0 Å². The summed E-state index contributed by atoms with van der Waals surface area (Å²) in [6.07, 6.45) is 0. The average Bonchev–Trinajstić information content (AvgIpc) is 2.81. The number of furan rings is 1. The number of rotatable bonds is 2. The van der Waals surface area contributed by atoms with Crippen LogP contribution in [0, 0.1) is 6.92 Å². The van der Waals surface area contributed by atoms with Gasteiger partial charge in [-0.1, -0.05) is 41.9 Å².